The molecule has 0 saturated heterocycles. The van der Waals surface area contributed by atoms with Gasteiger partial charge >= 0.3 is 5.97 Å². The molecule has 1 heterocycles. The molecule has 0 aliphatic carbocycles. The molecular formula is C22H24N2O3S. The molecule has 5 nitrogen and oxygen atoms in total. The smallest absolute Gasteiger partial charge is 0.310 e. The Kier molecular flexibility index (Phi) is 6.09. The van der Waals surface area contributed by atoms with Gasteiger partial charge in [0.15, 0.2) is 6.61 Å². The average molecular weight is 397 g/mol. The molecular weight excluding hydrogens is 372 g/mol. The van der Waals surface area contributed by atoms with Gasteiger partial charge in [-0.1, -0.05) is 30.3 Å². The minimum Gasteiger partial charge on any atom is -0.455 e. The first-order valence-electron chi connectivity index (χ1n) is 9.18. The summed E-state index contributed by atoms with van der Waals surface area (Å²) < 4.78 is 6.28. The highest BCUT2D eigenvalue weighted by molar-refractivity contribution is 7.18. The maximum absolute atomic E-state index is 12.5. The van der Waals surface area contributed by atoms with Crippen LogP contribution in [0.15, 0.2) is 42.5 Å². The van der Waals surface area contributed by atoms with Crippen molar-refractivity contribution in [1.29, 1.82) is 0 Å². The molecule has 0 bridgehead atoms. The van der Waals surface area contributed by atoms with Crippen molar-refractivity contribution in [3.8, 4) is 0 Å². The molecule has 3 rings (SSSR count). The number of likely N-dealkylation sites (N-methyl/N-ethyl adjacent to an activating group) is 1. The minimum absolute atomic E-state index is 0.158. The molecule has 0 aliphatic rings. The lowest BCUT2D eigenvalue weighted by atomic mass is 10.0. The van der Waals surface area contributed by atoms with E-state index in [2.05, 4.69) is 4.98 Å². The predicted molar refractivity (Wildman–Crippen MR) is 111 cm³/mol. The van der Waals surface area contributed by atoms with E-state index in [0.717, 1.165) is 26.4 Å². The summed E-state index contributed by atoms with van der Waals surface area (Å²) >= 11 is 1.57. The molecule has 0 spiro atoms. The summed E-state index contributed by atoms with van der Waals surface area (Å²) in [6, 6.07) is 13.6. The van der Waals surface area contributed by atoms with E-state index in [1.165, 1.54) is 5.56 Å². The monoisotopic (exact) mass is 396 g/mol. The molecule has 0 radical (unpaired) electrons. The molecule has 6 heteroatoms. The highest BCUT2D eigenvalue weighted by Gasteiger charge is 2.21. The maximum atomic E-state index is 12.5. The number of fused-ring (bicyclic) bond motifs is 1. The van der Waals surface area contributed by atoms with Gasteiger partial charge in [-0.25, -0.2) is 4.98 Å². The minimum atomic E-state index is -0.405. The second kappa shape index (κ2) is 8.52. The van der Waals surface area contributed by atoms with Crippen molar-refractivity contribution in [3.05, 3.63) is 64.2 Å². The van der Waals surface area contributed by atoms with Gasteiger partial charge in [0.05, 0.1) is 22.7 Å². The number of carbonyl (C=O) groups is 2. The molecule has 28 heavy (non-hydrogen) atoms. The Balaban J connectivity index is 1.55. The average Bonchev–Trinajstić information content (AvgIpc) is 3.12. The number of ether oxygens (including phenoxy) is 1. The molecule has 0 fully saturated rings. The van der Waals surface area contributed by atoms with Crippen LogP contribution in [0.3, 0.4) is 0 Å². The molecule has 3 aromatic rings. The highest BCUT2D eigenvalue weighted by atomic mass is 32.1. The van der Waals surface area contributed by atoms with E-state index in [1.807, 2.05) is 63.2 Å². The van der Waals surface area contributed by atoms with Crippen LogP contribution in [0.5, 0.6) is 0 Å². The van der Waals surface area contributed by atoms with Crippen molar-refractivity contribution in [2.75, 3.05) is 13.7 Å². The van der Waals surface area contributed by atoms with Crippen molar-refractivity contribution in [1.82, 2.24) is 9.88 Å². The van der Waals surface area contributed by atoms with Crippen LogP contribution in [0.2, 0.25) is 0 Å². The summed E-state index contributed by atoms with van der Waals surface area (Å²) in [6.07, 6.45) is 0.158. The van der Waals surface area contributed by atoms with Crippen LogP contribution in [0.4, 0.5) is 0 Å². The molecule has 146 valence electrons. The number of hydrogen-bond donors (Lipinski definition) is 0. The third-order valence-electron chi connectivity index (χ3n) is 4.92. The molecule has 0 aliphatic heterocycles. The van der Waals surface area contributed by atoms with Crippen LogP contribution in [0, 0.1) is 13.8 Å². The maximum Gasteiger partial charge on any atom is 0.310 e. The summed E-state index contributed by atoms with van der Waals surface area (Å²) in [7, 11) is 1.70. The summed E-state index contributed by atoms with van der Waals surface area (Å²) in [6.45, 7) is 5.69. The standard InChI is InChI=1S/C22H24N2O3S/c1-14-9-10-17(11-15(14)2)12-21(26)27-13-20(25)24(4)16(3)22-23-18-7-5-6-8-19(18)28-22/h5-11,16H,12-13H2,1-4H3/t16-/m0/s1. The molecule has 0 saturated carbocycles. The largest absolute Gasteiger partial charge is 0.455 e. The number of para-hydroxylation sites is 1. The number of benzene rings is 2. The van der Waals surface area contributed by atoms with Crippen LogP contribution < -0.4 is 0 Å². The van der Waals surface area contributed by atoms with Gasteiger partial charge in [0, 0.05) is 7.05 Å². The Labute approximate surface area is 169 Å². The van der Waals surface area contributed by atoms with Gasteiger partial charge in [0.2, 0.25) is 0 Å². The number of amides is 1. The number of nitrogens with zero attached hydrogens (tertiary/aromatic N) is 2. The topological polar surface area (TPSA) is 59.5 Å². The van der Waals surface area contributed by atoms with E-state index in [1.54, 1.807) is 23.3 Å². The predicted octanol–water partition coefficient (Wildman–Crippen LogP) is 4.22. The fourth-order valence-electron chi connectivity index (χ4n) is 2.83. The molecule has 1 amide bonds. The first kappa shape index (κ1) is 20.0. The summed E-state index contributed by atoms with van der Waals surface area (Å²) in [5.41, 5.74) is 4.12. The zero-order valence-corrected chi connectivity index (χ0v) is 17.4. The van der Waals surface area contributed by atoms with Gasteiger partial charge in [-0.15, -0.1) is 11.3 Å². The normalized spacial score (nSPS) is 12.0. The SMILES string of the molecule is Cc1ccc(CC(=O)OCC(=O)N(C)[C@@H](C)c2nc3ccccc3s2)cc1C. The molecule has 1 atom stereocenters. The van der Waals surface area contributed by atoms with Crippen molar-refractivity contribution in [2.45, 2.75) is 33.2 Å². The Morgan fingerprint density at radius 1 is 1.14 bits per heavy atom. The van der Waals surface area contributed by atoms with E-state index in [4.69, 9.17) is 4.74 Å². The van der Waals surface area contributed by atoms with Crippen molar-refractivity contribution in [2.24, 2.45) is 0 Å². The van der Waals surface area contributed by atoms with Gasteiger partial charge in [-0.3, -0.25) is 9.59 Å². The van der Waals surface area contributed by atoms with Gasteiger partial charge < -0.3 is 9.64 Å². The Morgan fingerprint density at radius 2 is 1.89 bits per heavy atom. The number of aromatic nitrogens is 1. The fourth-order valence-corrected chi connectivity index (χ4v) is 3.89. The lowest BCUT2D eigenvalue weighted by molar-refractivity contribution is -0.151. The summed E-state index contributed by atoms with van der Waals surface area (Å²) in [4.78, 5) is 30.7. The quantitative estimate of drug-likeness (QED) is 0.586. The van der Waals surface area contributed by atoms with Crippen LogP contribution >= 0.6 is 11.3 Å². The van der Waals surface area contributed by atoms with Crippen molar-refractivity contribution >= 4 is 33.4 Å². The number of aryl methyl sites for hydroxylation is 2. The van der Waals surface area contributed by atoms with Crippen molar-refractivity contribution < 1.29 is 14.3 Å². The third kappa shape index (κ3) is 4.57. The van der Waals surface area contributed by atoms with E-state index in [-0.39, 0.29) is 25.0 Å². The van der Waals surface area contributed by atoms with E-state index in [0.29, 0.717) is 0 Å². The Bertz CT molecular complexity index is 979. The molecule has 0 unspecified atom stereocenters. The first-order chi connectivity index (χ1) is 13.3. The number of hydrogen-bond acceptors (Lipinski definition) is 5. The van der Waals surface area contributed by atoms with E-state index in [9.17, 15) is 9.59 Å². The molecule has 2 aromatic carbocycles. The van der Waals surface area contributed by atoms with E-state index < -0.39 is 5.97 Å². The zero-order chi connectivity index (χ0) is 20.3. The van der Waals surface area contributed by atoms with Gasteiger partial charge in [-0.05, 0) is 49.6 Å². The van der Waals surface area contributed by atoms with Crippen LogP contribution in [-0.2, 0) is 20.7 Å². The Morgan fingerprint density at radius 3 is 2.61 bits per heavy atom. The van der Waals surface area contributed by atoms with Gasteiger partial charge in [-0.2, -0.15) is 0 Å². The second-order valence-electron chi connectivity index (χ2n) is 6.96. The highest BCUT2D eigenvalue weighted by Crippen LogP contribution is 2.28. The van der Waals surface area contributed by atoms with Crippen LogP contribution in [-0.4, -0.2) is 35.4 Å². The fraction of sp³-hybridized carbons (Fsp3) is 0.318. The van der Waals surface area contributed by atoms with Crippen LogP contribution in [0.25, 0.3) is 10.2 Å². The summed E-state index contributed by atoms with van der Waals surface area (Å²) in [5, 5.41) is 0.860. The first-order valence-corrected chi connectivity index (χ1v) is 9.99. The third-order valence-corrected chi connectivity index (χ3v) is 6.13. The summed E-state index contributed by atoms with van der Waals surface area (Å²) in [5.74, 6) is -0.655. The zero-order valence-electron chi connectivity index (χ0n) is 16.6. The van der Waals surface area contributed by atoms with Crippen LogP contribution in [0.1, 0.15) is 34.7 Å². The lowest BCUT2D eigenvalue weighted by Crippen LogP contribution is -2.33. The number of carbonyl (C=O) groups excluding carboxylic acids is 2. The number of rotatable bonds is 6. The van der Waals surface area contributed by atoms with Gasteiger partial charge in [0.25, 0.3) is 5.91 Å². The van der Waals surface area contributed by atoms with E-state index >= 15 is 0 Å². The van der Waals surface area contributed by atoms with Gasteiger partial charge in [0.1, 0.15) is 5.01 Å². The molecule has 0 N–H and O–H groups in total. The number of thiazole rings is 1. The second-order valence-corrected chi connectivity index (χ2v) is 8.02. The van der Waals surface area contributed by atoms with Crippen molar-refractivity contribution in [3.63, 3.8) is 0 Å². The Hall–Kier alpha value is -2.73. The number of esters is 1. The lowest BCUT2D eigenvalue weighted by Gasteiger charge is -2.23. The molecule has 1 aromatic heterocycles.